The Morgan fingerprint density at radius 1 is 1.11 bits per heavy atom. The molecule has 0 aliphatic rings. The number of aliphatic hydroxyl groups is 1. The lowest BCUT2D eigenvalue weighted by Gasteiger charge is -2.07. The van der Waals surface area contributed by atoms with Crippen molar-refractivity contribution in [3.8, 4) is 0 Å². The largest absolute Gasteiger partial charge is 0.478 e. The van der Waals surface area contributed by atoms with E-state index in [4.69, 9.17) is 15.3 Å². The van der Waals surface area contributed by atoms with Gasteiger partial charge in [0.25, 0.3) is 0 Å². The lowest BCUT2D eigenvalue weighted by molar-refractivity contribution is -0.148. The van der Waals surface area contributed by atoms with E-state index in [0.717, 1.165) is 6.08 Å². The van der Waals surface area contributed by atoms with Gasteiger partial charge in [-0.3, -0.25) is 0 Å². The number of hydrogen-bond acceptors (Lipinski definition) is 7. The highest BCUT2D eigenvalue weighted by Crippen LogP contribution is 2.08. The number of esters is 2. The molecule has 3 N–H and O–H groups in total. The number of rotatable bonds is 8. The molecule has 0 saturated carbocycles. The second-order valence-electron chi connectivity index (χ2n) is 5.15. The number of aromatic carboxylic acids is 2. The summed E-state index contributed by atoms with van der Waals surface area (Å²) in [5.41, 5.74) is -0.380. The first-order valence-corrected chi connectivity index (χ1v) is 8.09. The highest BCUT2D eigenvalue weighted by Gasteiger charge is 2.15. The molecule has 0 aliphatic heterocycles. The SMILES string of the molecule is C=CC(=O)OC(=CCC(C)O)C(=O)OCC.O=C(O)c1ccccc1C(=O)O. The Labute approximate surface area is 161 Å². The molecule has 1 atom stereocenters. The second-order valence-corrected chi connectivity index (χ2v) is 5.15. The van der Waals surface area contributed by atoms with Gasteiger partial charge in [-0.25, -0.2) is 19.2 Å². The highest BCUT2D eigenvalue weighted by molar-refractivity contribution is 6.01. The zero-order valence-electron chi connectivity index (χ0n) is 15.5. The molecule has 28 heavy (non-hydrogen) atoms. The molecule has 1 aromatic rings. The van der Waals surface area contributed by atoms with Crippen molar-refractivity contribution in [1.82, 2.24) is 0 Å². The van der Waals surface area contributed by atoms with Gasteiger partial charge in [0, 0.05) is 6.08 Å². The third kappa shape index (κ3) is 9.30. The third-order valence-electron chi connectivity index (χ3n) is 2.89. The van der Waals surface area contributed by atoms with Crippen LogP contribution in [-0.2, 0) is 19.1 Å². The van der Waals surface area contributed by atoms with Gasteiger partial charge < -0.3 is 24.8 Å². The van der Waals surface area contributed by atoms with Crippen molar-refractivity contribution in [2.45, 2.75) is 26.4 Å². The van der Waals surface area contributed by atoms with Gasteiger partial charge >= 0.3 is 23.9 Å². The first-order valence-electron chi connectivity index (χ1n) is 8.09. The van der Waals surface area contributed by atoms with Gasteiger partial charge in [0.05, 0.1) is 23.8 Å². The molecule has 0 aliphatic carbocycles. The standard InChI is InChI=1S/C11H16O5.C8H6O4/c1-4-10(13)16-9(7-6-8(3)12)11(14)15-5-2;9-7(10)5-3-1-2-4-6(5)8(11)12/h4,7-8,12H,1,5-6H2,2-3H3;1-4H,(H,9,10)(H,11,12). The number of carbonyl (C=O) groups is 4. The summed E-state index contributed by atoms with van der Waals surface area (Å²) in [5.74, 6) is -4.17. The van der Waals surface area contributed by atoms with E-state index in [1.165, 1.54) is 30.3 Å². The van der Waals surface area contributed by atoms with Crippen LogP contribution in [0, 0.1) is 0 Å². The van der Waals surface area contributed by atoms with Crippen molar-refractivity contribution in [3.63, 3.8) is 0 Å². The van der Waals surface area contributed by atoms with E-state index < -0.39 is 30.0 Å². The Balaban J connectivity index is 0.000000540. The Hall–Kier alpha value is -3.46. The zero-order chi connectivity index (χ0) is 21.7. The van der Waals surface area contributed by atoms with Gasteiger partial charge in [0.15, 0.2) is 0 Å². The fourth-order valence-electron chi connectivity index (χ4n) is 1.65. The molecular weight excluding hydrogens is 372 g/mol. The Bertz CT molecular complexity index is 715. The van der Waals surface area contributed by atoms with Crippen molar-refractivity contribution < 1.29 is 44.0 Å². The van der Waals surface area contributed by atoms with Crippen molar-refractivity contribution in [3.05, 3.63) is 59.9 Å². The van der Waals surface area contributed by atoms with Crippen molar-refractivity contribution in [1.29, 1.82) is 0 Å². The maximum Gasteiger partial charge on any atom is 0.374 e. The van der Waals surface area contributed by atoms with Gasteiger partial charge in [-0.2, -0.15) is 0 Å². The fourth-order valence-corrected chi connectivity index (χ4v) is 1.65. The van der Waals surface area contributed by atoms with Crippen molar-refractivity contribution in [2.24, 2.45) is 0 Å². The topological polar surface area (TPSA) is 147 Å². The predicted molar refractivity (Wildman–Crippen MR) is 97.7 cm³/mol. The van der Waals surface area contributed by atoms with Crippen LogP contribution in [0.4, 0.5) is 0 Å². The fraction of sp³-hybridized carbons (Fsp3) is 0.263. The maximum atomic E-state index is 11.3. The molecule has 0 aromatic heterocycles. The molecule has 9 heteroatoms. The quantitative estimate of drug-likeness (QED) is 0.342. The molecule has 9 nitrogen and oxygen atoms in total. The van der Waals surface area contributed by atoms with Crippen LogP contribution in [0.1, 0.15) is 41.0 Å². The molecule has 1 rings (SSSR count). The summed E-state index contributed by atoms with van der Waals surface area (Å²) in [6, 6.07) is 5.48. The molecule has 0 saturated heterocycles. The van der Waals surface area contributed by atoms with Gasteiger partial charge in [0.1, 0.15) is 0 Å². The van der Waals surface area contributed by atoms with Gasteiger partial charge in [-0.1, -0.05) is 18.7 Å². The van der Waals surface area contributed by atoms with Crippen LogP contribution in [-0.4, -0.2) is 51.9 Å². The van der Waals surface area contributed by atoms with E-state index in [1.54, 1.807) is 13.8 Å². The average molecular weight is 394 g/mol. The summed E-state index contributed by atoms with van der Waals surface area (Å²) in [6.07, 6.45) is 1.81. The molecule has 0 amide bonds. The number of carbonyl (C=O) groups excluding carboxylic acids is 2. The molecule has 1 unspecified atom stereocenters. The number of carboxylic acids is 2. The number of hydrogen-bond donors (Lipinski definition) is 3. The van der Waals surface area contributed by atoms with E-state index in [1.807, 2.05) is 0 Å². The number of ether oxygens (including phenoxy) is 2. The minimum atomic E-state index is -1.23. The normalized spacial score (nSPS) is 11.3. The van der Waals surface area contributed by atoms with Crippen LogP contribution in [0.25, 0.3) is 0 Å². The van der Waals surface area contributed by atoms with Crippen molar-refractivity contribution >= 4 is 23.9 Å². The van der Waals surface area contributed by atoms with E-state index in [9.17, 15) is 19.2 Å². The average Bonchev–Trinajstić information content (AvgIpc) is 2.65. The smallest absolute Gasteiger partial charge is 0.374 e. The lowest BCUT2D eigenvalue weighted by atomic mass is 10.1. The second kappa shape index (κ2) is 12.8. The first-order chi connectivity index (χ1) is 13.1. The van der Waals surface area contributed by atoms with Crippen LogP contribution in [0.2, 0.25) is 0 Å². The van der Waals surface area contributed by atoms with Crippen LogP contribution < -0.4 is 0 Å². The summed E-state index contributed by atoms with van der Waals surface area (Å²) >= 11 is 0. The van der Waals surface area contributed by atoms with Crippen LogP contribution in [0.15, 0.2) is 48.8 Å². The van der Waals surface area contributed by atoms with Crippen LogP contribution in [0.3, 0.4) is 0 Å². The number of aliphatic hydroxyl groups excluding tert-OH is 1. The summed E-state index contributed by atoms with van der Waals surface area (Å²) in [4.78, 5) is 43.2. The van der Waals surface area contributed by atoms with Crippen LogP contribution >= 0.6 is 0 Å². The minimum Gasteiger partial charge on any atom is -0.478 e. The lowest BCUT2D eigenvalue weighted by Crippen LogP contribution is -2.14. The molecule has 1 aromatic carbocycles. The minimum absolute atomic E-state index is 0.177. The Morgan fingerprint density at radius 3 is 1.96 bits per heavy atom. The first kappa shape index (κ1) is 24.5. The monoisotopic (exact) mass is 394 g/mol. The highest BCUT2D eigenvalue weighted by atomic mass is 16.6. The predicted octanol–water partition coefficient (Wildman–Crippen LogP) is 2.02. The van der Waals surface area contributed by atoms with E-state index >= 15 is 0 Å². The molecule has 0 bridgehead atoms. The molecule has 0 fully saturated rings. The summed E-state index contributed by atoms with van der Waals surface area (Å²) in [6.45, 7) is 6.58. The van der Waals surface area contributed by atoms with Crippen molar-refractivity contribution in [2.75, 3.05) is 6.61 Å². The molecule has 0 spiro atoms. The summed E-state index contributed by atoms with van der Waals surface area (Å²) in [7, 11) is 0. The molecule has 0 heterocycles. The third-order valence-corrected chi connectivity index (χ3v) is 2.89. The summed E-state index contributed by atoms with van der Waals surface area (Å²) < 4.78 is 9.36. The van der Waals surface area contributed by atoms with E-state index in [0.29, 0.717) is 0 Å². The zero-order valence-corrected chi connectivity index (χ0v) is 15.5. The van der Waals surface area contributed by atoms with E-state index in [2.05, 4.69) is 16.1 Å². The number of benzene rings is 1. The van der Waals surface area contributed by atoms with Gasteiger partial charge in [-0.05, 0) is 38.5 Å². The molecule has 152 valence electrons. The Morgan fingerprint density at radius 2 is 1.61 bits per heavy atom. The summed E-state index contributed by atoms with van der Waals surface area (Å²) in [5, 5.41) is 26.1. The van der Waals surface area contributed by atoms with E-state index in [-0.39, 0.29) is 29.9 Å². The number of carboxylic acid groups (broad SMARTS) is 2. The molecule has 0 radical (unpaired) electrons. The van der Waals surface area contributed by atoms with Gasteiger partial charge in [0.2, 0.25) is 5.76 Å². The maximum absolute atomic E-state index is 11.3. The van der Waals surface area contributed by atoms with Gasteiger partial charge in [-0.15, -0.1) is 0 Å². The Kier molecular flexibility index (Phi) is 11.2. The van der Waals surface area contributed by atoms with Crippen LogP contribution in [0.5, 0.6) is 0 Å². The molecular formula is C19H22O9.